The molecule has 3 unspecified atom stereocenters. The zero-order valence-electron chi connectivity index (χ0n) is 11.8. The third kappa shape index (κ3) is 4.26. The Kier molecular flexibility index (Phi) is 7.34. The van der Waals surface area contributed by atoms with Crippen molar-refractivity contribution in [2.24, 2.45) is 29.6 Å². The molecule has 2 aliphatic carbocycles. The summed E-state index contributed by atoms with van der Waals surface area (Å²) >= 11 is 0. The maximum absolute atomic E-state index is 2.51. The standard InChI is InChI=1S/C15H28.2H2O/c1-11-4-7-14(8-5-11)15-9-6-12(2)10-13(15)3;;/h11-15H,4-10H2,1-3H3;2*1H2. The van der Waals surface area contributed by atoms with E-state index in [-0.39, 0.29) is 11.0 Å². The summed E-state index contributed by atoms with van der Waals surface area (Å²) < 4.78 is 0. The van der Waals surface area contributed by atoms with Gasteiger partial charge < -0.3 is 11.0 Å². The molecular weight excluding hydrogens is 212 g/mol. The van der Waals surface area contributed by atoms with Gasteiger partial charge in [0.15, 0.2) is 0 Å². The van der Waals surface area contributed by atoms with Gasteiger partial charge in [0.1, 0.15) is 0 Å². The molecule has 2 aliphatic rings. The van der Waals surface area contributed by atoms with Crippen LogP contribution in [0.4, 0.5) is 0 Å². The van der Waals surface area contributed by atoms with Crippen molar-refractivity contribution in [1.29, 1.82) is 0 Å². The minimum absolute atomic E-state index is 0. The van der Waals surface area contributed by atoms with Gasteiger partial charge in [-0.25, -0.2) is 0 Å². The van der Waals surface area contributed by atoms with Gasteiger partial charge in [-0.15, -0.1) is 0 Å². The van der Waals surface area contributed by atoms with Gasteiger partial charge in [0, 0.05) is 0 Å². The van der Waals surface area contributed by atoms with E-state index in [1.54, 1.807) is 0 Å². The molecule has 2 nitrogen and oxygen atoms in total. The molecule has 0 aromatic heterocycles. The second-order valence-corrected chi connectivity index (χ2v) is 6.58. The van der Waals surface area contributed by atoms with Gasteiger partial charge in [-0.3, -0.25) is 0 Å². The van der Waals surface area contributed by atoms with Crippen LogP contribution in [0.1, 0.15) is 65.7 Å². The van der Waals surface area contributed by atoms with Gasteiger partial charge >= 0.3 is 0 Å². The first-order chi connectivity index (χ1) is 7.16. The Hall–Kier alpha value is -0.0800. The minimum atomic E-state index is 0. The van der Waals surface area contributed by atoms with Crippen LogP contribution in [0.5, 0.6) is 0 Å². The highest BCUT2D eigenvalue weighted by molar-refractivity contribution is 4.83. The smallest absolute Gasteiger partial charge is 0.0360 e. The summed E-state index contributed by atoms with van der Waals surface area (Å²) in [6.07, 6.45) is 10.6. The van der Waals surface area contributed by atoms with Crippen molar-refractivity contribution in [2.45, 2.75) is 65.7 Å². The van der Waals surface area contributed by atoms with Crippen molar-refractivity contribution < 1.29 is 11.0 Å². The lowest BCUT2D eigenvalue weighted by molar-refractivity contribution is 0.104. The predicted octanol–water partition coefficient (Wildman–Crippen LogP) is 3.24. The number of hydrogen-bond donors (Lipinski definition) is 0. The van der Waals surface area contributed by atoms with Gasteiger partial charge in [-0.1, -0.05) is 40.0 Å². The lowest BCUT2D eigenvalue weighted by atomic mass is 9.65. The van der Waals surface area contributed by atoms with Crippen LogP contribution in [0, 0.1) is 29.6 Å². The first-order valence-corrected chi connectivity index (χ1v) is 7.16. The van der Waals surface area contributed by atoms with Gasteiger partial charge in [0.25, 0.3) is 0 Å². The Balaban J connectivity index is 0.00000128. The van der Waals surface area contributed by atoms with Gasteiger partial charge in [-0.05, 0) is 55.3 Å². The molecule has 2 saturated carbocycles. The van der Waals surface area contributed by atoms with Gasteiger partial charge in [0.05, 0.1) is 0 Å². The molecule has 0 aliphatic heterocycles. The molecular formula is C15H32O2. The molecule has 2 rings (SSSR count). The number of rotatable bonds is 1. The van der Waals surface area contributed by atoms with E-state index in [9.17, 15) is 0 Å². The van der Waals surface area contributed by atoms with Crippen LogP contribution in [-0.4, -0.2) is 11.0 Å². The maximum atomic E-state index is 2.51. The highest BCUT2D eigenvalue weighted by Gasteiger charge is 2.33. The van der Waals surface area contributed by atoms with Gasteiger partial charge in [-0.2, -0.15) is 0 Å². The van der Waals surface area contributed by atoms with Crippen molar-refractivity contribution in [3.63, 3.8) is 0 Å². The third-order valence-electron chi connectivity index (χ3n) is 5.16. The average molecular weight is 244 g/mol. The Morgan fingerprint density at radius 2 is 1.18 bits per heavy atom. The SMILES string of the molecule is CC1CCC(C2CCC(C)CC2C)CC1.O.O. The minimum Gasteiger partial charge on any atom is -0.412 e. The fourth-order valence-electron chi connectivity index (χ4n) is 4.10. The summed E-state index contributed by atoms with van der Waals surface area (Å²) in [6, 6.07) is 0. The predicted molar refractivity (Wildman–Crippen MR) is 74.0 cm³/mol. The second kappa shape index (κ2) is 7.38. The van der Waals surface area contributed by atoms with E-state index in [2.05, 4.69) is 20.8 Å². The van der Waals surface area contributed by atoms with E-state index in [0.29, 0.717) is 0 Å². The monoisotopic (exact) mass is 244 g/mol. The zero-order chi connectivity index (χ0) is 10.8. The van der Waals surface area contributed by atoms with Gasteiger partial charge in [0.2, 0.25) is 0 Å². The zero-order valence-corrected chi connectivity index (χ0v) is 11.8. The summed E-state index contributed by atoms with van der Waals surface area (Å²) in [6.45, 7) is 7.39. The van der Waals surface area contributed by atoms with Crippen LogP contribution in [0.2, 0.25) is 0 Å². The van der Waals surface area contributed by atoms with Crippen LogP contribution in [0.25, 0.3) is 0 Å². The average Bonchev–Trinajstić information content (AvgIpc) is 2.20. The molecule has 0 amide bonds. The van der Waals surface area contributed by atoms with Crippen molar-refractivity contribution in [3.8, 4) is 0 Å². The van der Waals surface area contributed by atoms with E-state index in [4.69, 9.17) is 0 Å². The second-order valence-electron chi connectivity index (χ2n) is 6.58. The molecule has 3 atom stereocenters. The van der Waals surface area contributed by atoms with Crippen molar-refractivity contribution in [1.82, 2.24) is 0 Å². The van der Waals surface area contributed by atoms with Crippen molar-refractivity contribution in [2.75, 3.05) is 0 Å². The molecule has 0 heterocycles. The molecule has 0 aromatic carbocycles. The summed E-state index contributed by atoms with van der Waals surface area (Å²) in [5.41, 5.74) is 0. The largest absolute Gasteiger partial charge is 0.412 e. The summed E-state index contributed by atoms with van der Waals surface area (Å²) in [5.74, 6) is 5.18. The first-order valence-electron chi connectivity index (χ1n) is 7.16. The van der Waals surface area contributed by atoms with Crippen LogP contribution in [-0.2, 0) is 0 Å². The Morgan fingerprint density at radius 3 is 1.71 bits per heavy atom. The van der Waals surface area contributed by atoms with E-state index in [1.807, 2.05) is 0 Å². The molecule has 2 heteroatoms. The van der Waals surface area contributed by atoms with Crippen molar-refractivity contribution >= 4 is 0 Å². The van der Waals surface area contributed by atoms with Crippen LogP contribution < -0.4 is 0 Å². The van der Waals surface area contributed by atoms with Crippen LogP contribution >= 0.6 is 0 Å². The molecule has 4 N–H and O–H groups in total. The lowest BCUT2D eigenvalue weighted by Crippen LogP contribution is -2.30. The van der Waals surface area contributed by atoms with Crippen LogP contribution in [0.3, 0.4) is 0 Å². The highest BCUT2D eigenvalue weighted by Crippen LogP contribution is 2.43. The normalized spacial score (nSPS) is 42.2. The van der Waals surface area contributed by atoms with E-state index >= 15 is 0 Å². The molecule has 0 spiro atoms. The third-order valence-corrected chi connectivity index (χ3v) is 5.16. The molecule has 0 saturated heterocycles. The Bertz CT molecular complexity index is 197. The topological polar surface area (TPSA) is 63.0 Å². The summed E-state index contributed by atoms with van der Waals surface area (Å²) in [4.78, 5) is 0. The van der Waals surface area contributed by atoms with Crippen molar-refractivity contribution in [3.05, 3.63) is 0 Å². The van der Waals surface area contributed by atoms with E-state index < -0.39 is 0 Å². The number of hydrogen-bond acceptors (Lipinski definition) is 0. The summed E-state index contributed by atoms with van der Waals surface area (Å²) in [7, 11) is 0. The molecule has 2 fully saturated rings. The Labute approximate surface area is 107 Å². The fraction of sp³-hybridized carbons (Fsp3) is 1.00. The van der Waals surface area contributed by atoms with E-state index in [0.717, 1.165) is 29.6 Å². The lowest BCUT2D eigenvalue weighted by Gasteiger charge is -2.40. The molecule has 17 heavy (non-hydrogen) atoms. The Morgan fingerprint density at radius 1 is 0.647 bits per heavy atom. The molecule has 0 bridgehead atoms. The summed E-state index contributed by atoms with van der Waals surface area (Å²) in [5, 5.41) is 0. The fourth-order valence-corrected chi connectivity index (χ4v) is 4.10. The van der Waals surface area contributed by atoms with Crippen LogP contribution in [0.15, 0.2) is 0 Å². The quantitative estimate of drug-likeness (QED) is 0.680. The molecule has 0 radical (unpaired) electrons. The maximum Gasteiger partial charge on any atom is -0.0360 e. The molecule has 104 valence electrons. The molecule has 0 aromatic rings. The first kappa shape index (κ1) is 16.9. The highest BCUT2D eigenvalue weighted by atomic mass is 16.0. The van der Waals surface area contributed by atoms with E-state index in [1.165, 1.54) is 44.9 Å².